The molecule has 4 aromatic rings. The summed E-state index contributed by atoms with van der Waals surface area (Å²) < 4.78 is 26.2. The molecule has 0 radical (unpaired) electrons. The highest BCUT2D eigenvalue weighted by Crippen LogP contribution is 2.62. The predicted octanol–water partition coefficient (Wildman–Crippen LogP) is 7.83. The van der Waals surface area contributed by atoms with E-state index in [1.165, 1.54) is 0 Å². The van der Waals surface area contributed by atoms with Gasteiger partial charge in [-0.05, 0) is 96.7 Å². The lowest BCUT2D eigenvalue weighted by molar-refractivity contribution is -0.254. The van der Waals surface area contributed by atoms with Crippen molar-refractivity contribution in [1.82, 2.24) is 10.2 Å². The predicted molar refractivity (Wildman–Crippen MR) is 256 cm³/mol. The van der Waals surface area contributed by atoms with Crippen molar-refractivity contribution in [2.24, 2.45) is 22.9 Å². The molecule has 358 valence electrons. The summed E-state index contributed by atoms with van der Waals surface area (Å²) in [7, 11) is 0. The van der Waals surface area contributed by atoms with Gasteiger partial charge in [0.25, 0.3) is 5.91 Å². The minimum Gasteiger partial charge on any atom is -0.459 e. The van der Waals surface area contributed by atoms with Crippen LogP contribution in [0.2, 0.25) is 0 Å². The Hall–Kier alpha value is -6.34. The van der Waals surface area contributed by atoms with E-state index in [1.807, 2.05) is 66.7 Å². The molecule has 4 aromatic carbocycles. The Morgan fingerprint density at radius 3 is 2.31 bits per heavy atom. The van der Waals surface area contributed by atoms with Crippen LogP contribution in [0.1, 0.15) is 83.5 Å². The summed E-state index contributed by atoms with van der Waals surface area (Å²) in [6, 6.07) is 32.3. The maximum Gasteiger partial charge on any atom is 0.412 e. The SMILES string of the molecule is C=CCOC12Oc3ccc(OC(=O)NCc4ccccc4)cc3C3C(CCCCO)C(CCCCO)C=C(C(=NOCc4ccccc4)CC1N(CCOCCO)C(=O)c1ccc(C#N)cc1)C32. The Morgan fingerprint density at radius 2 is 1.62 bits per heavy atom. The molecule has 14 heteroatoms. The molecule has 2 amide bonds. The van der Waals surface area contributed by atoms with Gasteiger partial charge in [-0.15, -0.1) is 6.58 Å². The van der Waals surface area contributed by atoms with Crippen molar-refractivity contribution >= 4 is 17.7 Å². The molecule has 4 N–H and O–H groups in total. The summed E-state index contributed by atoms with van der Waals surface area (Å²) in [6.45, 7) is 4.63. The van der Waals surface area contributed by atoms with Crippen LogP contribution in [0.5, 0.6) is 11.5 Å². The van der Waals surface area contributed by atoms with Crippen molar-refractivity contribution in [2.45, 2.75) is 75.8 Å². The van der Waals surface area contributed by atoms with Crippen molar-refractivity contribution in [3.8, 4) is 17.6 Å². The Balaban J connectivity index is 1.41. The summed E-state index contributed by atoms with van der Waals surface area (Å²) in [5.74, 6) is -2.25. The van der Waals surface area contributed by atoms with Crippen LogP contribution in [-0.4, -0.2) is 95.9 Å². The number of amides is 2. The molecule has 6 atom stereocenters. The van der Waals surface area contributed by atoms with Crippen molar-refractivity contribution in [2.75, 3.05) is 46.2 Å². The number of aliphatic hydroxyl groups is 3. The Bertz CT molecular complexity index is 2390. The van der Waals surface area contributed by atoms with E-state index in [0.717, 1.165) is 41.5 Å². The molecule has 3 aliphatic rings. The van der Waals surface area contributed by atoms with Gasteiger partial charge in [-0.1, -0.05) is 90.8 Å². The highest BCUT2D eigenvalue weighted by atomic mass is 16.7. The number of nitriles is 1. The monoisotopic (exact) mass is 926 g/mol. The lowest BCUT2D eigenvalue weighted by Crippen LogP contribution is -2.70. The first kappa shape index (κ1) is 49.6. The van der Waals surface area contributed by atoms with Gasteiger partial charge in [0.1, 0.15) is 24.1 Å². The number of benzene rings is 4. The number of hydrogen-bond donors (Lipinski definition) is 4. The summed E-state index contributed by atoms with van der Waals surface area (Å²) in [5.41, 5.74) is 4.81. The number of unbranched alkanes of at least 4 members (excludes halogenated alkanes) is 2. The molecule has 1 fully saturated rings. The molecular formula is C54H62N4O10. The molecule has 14 nitrogen and oxygen atoms in total. The number of carbonyl (C=O) groups excluding carboxylic acids is 2. The van der Waals surface area contributed by atoms with Crippen LogP contribution >= 0.6 is 0 Å². The first-order valence-corrected chi connectivity index (χ1v) is 23.6. The first-order valence-electron chi connectivity index (χ1n) is 23.6. The zero-order valence-electron chi connectivity index (χ0n) is 38.4. The average molecular weight is 927 g/mol. The van der Waals surface area contributed by atoms with Crippen LogP contribution in [0.15, 0.2) is 133 Å². The van der Waals surface area contributed by atoms with Gasteiger partial charge in [-0.3, -0.25) is 4.79 Å². The van der Waals surface area contributed by atoms with Crippen LogP contribution in [0, 0.1) is 29.1 Å². The smallest absolute Gasteiger partial charge is 0.412 e. The molecule has 0 aromatic heterocycles. The number of ether oxygens (including phenoxy) is 4. The standard InChI is InChI=1S/C54H62N4O10/c1-2-29-65-54-49(58(25-30-64-31-28-61)52(62)41-21-19-38(35-55)20-22-41)34-47(57-66-37-40-15-7-4-8-16-40)45-32-42(17-9-11-26-59)44(18-10-12-27-60)50(51(45)54)46-33-43(23-24-48(46)68-54)67-53(63)56-36-39-13-5-3-6-14-39/h2-8,13-16,19-24,32-33,42,44,49-51,59-61H,1,9-12,17-18,25-31,34,36-37H2,(H,56,63). The Labute approximate surface area is 398 Å². The minimum atomic E-state index is -1.57. The quantitative estimate of drug-likeness (QED) is 0.0304. The molecular weight excluding hydrogens is 865 g/mol. The number of rotatable bonds is 24. The van der Waals surface area contributed by atoms with Crippen LogP contribution < -0.4 is 14.8 Å². The molecule has 1 saturated carbocycles. The van der Waals surface area contributed by atoms with Crippen LogP contribution in [0.3, 0.4) is 0 Å². The number of aliphatic hydroxyl groups excluding tert-OH is 3. The normalized spacial score (nSPS) is 21.8. The summed E-state index contributed by atoms with van der Waals surface area (Å²) in [6.07, 6.45) is 7.56. The second-order valence-electron chi connectivity index (χ2n) is 17.3. The fourth-order valence-electron chi connectivity index (χ4n) is 9.97. The number of oxime groups is 1. The Kier molecular flexibility index (Phi) is 17.9. The van der Waals surface area contributed by atoms with E-state index in [2.05, 4.69) is 24.0 Å². The molecule has 0 saturated heterocycles. The summed E-state index contributed by atoms with van der Waals surface area (Å²) >= 11 is 0. The molecule has 68 heavy (non-hydrogen) atoms. The number of nitrogens with one attached hydrogen (secondary N) is 1. The van der Waals surface area contributed by atoms with Crippen molar-refractivity contribution < 1.29 is 48.7 Å². The van der Waals surface area contributed by atoms with Gasteiger partial charge in [-0.25, -0.2) is 4.79 Å². The number of hydrogen-bond acceptors (Lipinski definition) is 12. The van der Waals surface area contributed by atoms with Crippen LogP contribution in [0.4, 0.5) is 4.79 Å². The molecule has 1 heterocycles. The van der Waals surface area contributed by atoms with E-state index in [-0.39, 0.29) is 89.4 Å². The van der Waals surface area contributed by atoms with E-state index in [1.54, 1.807) is 47.4 Å². The molecule has 6 unspecified atom stereocenters. The fraction of sp³-hybridized carbons (Fsp3) is 0.407. The number of carbonyl (C=O) groups is 2. The highest BCUT2D eigenvalue weighted by molar-refractivity contribution is 6.03. The van der Waals surface area contributed by atoms with E-state index in [9.17, 15) is 25.4 Å². The Morgan fingerprint density at radius 1 is 0.897 bits per heavy atom. The third kappa shape index (κ3) is 11.8. The van der Waals surface area contributed by atoms with Crippen molar-refractivity contribution in [3.05, 3.63) is 155 Å². The molecule has 2 aliphatic carbocycles. The van der Waals surface area contributed by atoms with Crippen molar-refractivity contribution in [3.63, 3.8) is 0 Å². The third-order valence-electron chi connectivity index (χ3n) is 13.0. The number of allylic oxidation sites excluding steroid dienone is 1. The minimum absolute atomic E-state index is 0.0294. The largest absolute Gasteiger partial charge is 0.459 e. The lowest BCUT2D eigenvalue weighted by Gasteiger charge is -2.60. The number of fused-ring (bicyclic) bond motifs is 2. The second-order valence-corrected chi connectivity index (χ2v) is 17.3. The average Bonchev–Trinajstić information content (AvgIpc) is 3.37. The fourth-order valence-corrected chi connectivity index (χ4v) is 9.97. The van der Waals surface area contributed by atoms with Gasteiger partial charge >= 0.3 is 6.09 Å². The second kappa shape index (κ2) is 24.6. The van der Waals surface area contributed by atoms with E-state index in [0.29, 0.717) is 47.6 Å². The highest BCUT2D eigenvalue weighted by Gasteiger charge is 2.65. The van der Waals surface area contributed by atoms with Gasteiger partial charge in [0.2, 0.25) is 5.79 Å². The zero-order valence-corrected chi connectivity index (χ0v) is 38.4. The summed E-state index contributed by atoms with van der Waals surface area (Å²) in [5, 5.41) is 47.0. The van der Waals surface area contributed by atoms with E-state index < -0.39 is 23.8 Å². The van der Waals surface area contributed by atoms with Gasteiger partial charge in [0.05, 0.1) is 49.7 Å². The van der Waals surface area contributed by atoms with Crippen LogP contribution in [-0.2, 0) is 27.5 Å². The molecule has 0 bridgehead atoms. The number of nitrogens with zero attached hydrogens (tertiary/aromatic N) is 3. The zero-order chi connectivity index (χ0) is 47.7. The van der Waals surface area contributed by atoms with Gasteiger partial charge < -0.3 is 49.3 Å². The van der Waals surface area contributed by atoms with E-state index in [4.69, 9.17) is 28.9 Å². The lowest BCUT2D eigenvalue weighted by atomic mass is 9.55. The first-order chi connectivity index (χ1) is 33.3. The molecule has 7 rings (SSSR count). The topological polar surface area (TPSA) is 192 Å². The van der Waals surface area contributed by atoms with E-state index >= 15 is 4.79 Å². The summed E-state index contributed by atoms with van der Waals surface area (Å²) in [4.78, 5) is 36.4. The third-order valence-corrected chi connectivity index (χ3v) is 13.0. The van der Waals surface area contributed by atoms with Crippen LogP contribution in [0.25, 0.3) is 0 Å². The van der Waals surface area contributed by atoms with Gasteiger partial charge in [-0.2, -0.15) is 5.26 Å². The van der Waals surface area contributed by atoms with Crippen molar-refractivity contribution in [1.29, 1.82) is 5.26 Å². The van der Waals surface area contributed by atoms with Gasteiger partial charge in [0, 0.05) is 49.8 Å². The molecule has 1 aliphatic heterocycles. The van der Waals surface area contributed by atoms with Gasteiger partial charge in [0.15, 0.2) is 0 Å². The maximum absolute atomic E-state index is 15.1. The maximum atomic E-state index is 15.1. The molecule has 0 spiro atoms.